The molecule has 0 aliphatic carbocycles. The number of anilines is 2. The van der Waals surface area contributed by atoms with Gasteiger partial charge in [-0.25, -0.2) is 0 Å². The molecule has 0 saturated carbocycles. The highest BCUT2D eigenvalue weighted by molar-refractivity contribution is 5.54. The van der Waals surface area contributed by atoms with E-state index in [0.717, 1.165) is 24.6 Å². The number of ether oxygens (including phenoxy) is 1. The van der Waals surface area contributed by atoms with Crippen molar-refractivity contribution in [2.75, 3.05) is 37.4 Å². The number of nitrogen functional groups attached to an aromatic ring is 1. The molecule has 0 aromatic heterocycles. The van der Waals surface area contributed by atoms with E-state index in [0.29, 0.717) is 12.1 Å². The molecule has 2 aliphatic heterocycles. The van der Waals surface area contributed by atoms with Gasteiger partial charge >= 0.3 is 0 Å². The third kappa shape index (κ3) is 2.60. The molecule has 0 amide bonds. The summed E-state index contributed by atoms with van der Waals surface area (Å²) in [6.45, 7) is 4.20. The lowest BCUT2D eigenvalue weighted by Gasteiger charge is -2.41. The summed E-state index contributed by atoms with van der Waals surface area (Å²) in [5.74, 6) is 0. The van der Waals surface area contributed by atoms with Gasteiger partial charge in [-0.2, -0.15) is 0 Å². The third-order valence-electron chi connectivity index (χ3n) is 3.92. The summed E-state index contributed by atoms with van der Waals surface area (Å²) in [5.41, 5.74) is 7.75. The average molecular weight is 247 g/mol. The Hall–Kier alpha value is -1.26. The minimum Gasteiger partial charge on any atom is -0.399 e. The van der Waals surface area contributed by atoms with Gasteiger partial charge in [0.15, 0.2) is 0 Å². The van der Waals surface area contributed by atoms with Gasteiger partial charge in [-0.05, 0) is 31.0 Å². The van der Waals surface area contributed by atoms with Crippen LogP contribution >= 0.6 is 0 Å². The van der Waals surface area contributed by atoms with E-state index in [2.05, 4.69) is 16.3 Å². The summed E-state index contributed by atoms with van der Waals surface area (Å²) in [6.07, 6.45) is 2.40. The molecule has 0 atom stereocenters. The fourth-order valence-electron chi connectivity index (χ4n) is 2.71. The Bertz CT molecular complexity index is 398. The van der Waals surface area contributed by atoms with Crippen molar-refractivity contribution in [3.63, 3.8) is 0 Å². The first-order valence-corrected chi connectivity index (χ1v) is 6.75. The Balaban J connectivity index is 1.50. The molecule has 4 heteroatoms. The van der Waals surface area contributed by atoms with Crippen LogP contribution in [0.5, 0.6) is 0 Å². The van der Waals surface area contributed by atoms with Gasteiger partial charge in [-0.3, -0.25) is 4.90 Å². The van der Waals surface area contributed by atoms with Crippen LogP contribution in [0.25, 0.3) is 0 Å². The minimum atomic E-state index is 0.573. The number of rotatable bonds is 3. The van der Waals surface area contributed by atoms with Crippen LogP contribution in [0.2, 0.25) is 0 Å². The number of nitrogens with two attached hydrogens (primary N) is 1. The first-order valence-electron chi connectivity index (χ1n) is 6.75. The maximum absolute atomic E-state index is 5.79. The smallest absolute Gasteiger partial charge is 0.0645 e. The highest BCUT2D eigenvalue weighted by Crippen LogP contribution is 2.21. The number of nitrogens with one attached hydrogen (secondary N) is 1. The van der Waals surface area contributed by atoms with Crippen LogP contribution in [-0.4, -0.2) is 43.3 Å². The van der Waals surface area contributed by atoms with Gasteiger partial charge in [-0.15, -0.1) is 0 Å². The van der Waals surface area contributed by atoms with E-state index in [-0.39, 0.29) is 0 Å². The minimum absolute atomic E-state index is 0.573. The van der Waals surface area contributed by atoms with Crippen LogP contribution in [0.4, 0.5) is 11.4 Å². The van der Waals surface area contributed by atoms with Crippen molar-refractivity contribution in [2.24, 2.45) is 0 Å². The van der Waals surface area contributed by atoms with Crippen molar-refractivity contribution in [3.8, 4) is 0 Å². The zero-order chi connectivity index (χ0) is 12.4. The van der Waals surface area contributed by atoms with E-state index < -0.39 is 0 Å². The van der Waals surface area contributed by atoms with E-state index in [1.165, 1.54) is 25.9 Å². The van der Waals surface area contributed by atoms with Crippen LogP contribution in [0.3, 0.4) is 0 Å². The third-order valence-corrected chi connectivity index (χ3v) is 3.92. The molecule has 2 heterocycles. The molecular weight excluding hydrogens is 226 g/mol. The highest BCUT2D eigenvalue weighted by atomic mass is 16.5. The topological polar surface area (TPSA) is 50.5 Å². The van der Waals surface area contributed by atoms with Gasteiger partial charge in [0.2, 0.25) is 0 Å². The van der Waals surface area contributed by atoms with E-state index in [1.54, 1.807) is 0 Å². The summed E-state index contributed by atoms with van der Waals surface area (Å²) in [7, 11) is 0. The van der Waals surface area contributed by atoms with Gasteiger partial charge in [0, 0.05) is 30.5 Å². The van der Waals surface area contributed by atoms with E-state index in [1.807, 2.05) is 18.2 Å². The molecule has 1 aromatic carbocycles. The summed E-state index contributed by atoms with van der Waals surface area (Å²) in [4.78, 5) is 2.56. The zero-order valence-corrected chi connectivity index (χ0v) is 10.6. The molecule has 0 radical (unpaired) electrons. The largest absolute Gasteiger partial charge is 0.399 e. The lowest BCUT2D eigenvalue weighted by Crippen LogP contribution is -2.53. The summed E-state index contributed by atoms with van der Waals surface area (Å²) in [6, 6.07) is 9.26. The van der Waals surface area contributed by atoms with Crippen molar-refractivity contribution < 1.29 is 4.74 Å². The Kier molecular flexibility index (Phi) is 3.39. The predicted molar refractivity (Wildman–Crippen MR) is 73.7 cm³/mol. The Morgan fingerprint density at radius 2 is 2.00 bits per heavy atom. The van der Waals surface area contributed by atoms with Crippen molar-refractivity contribution in [3.05, 3.63) is 24.3 Å². The van der Waals surface area contributed by atoms with Crippen LogP contribution in [0.15, 0.2) is 24.3 Å². The summed E-state index contributed by atoms with van der Waals surface area (Å²) >= 11 is 0. The molecule has 0 unspecified atom stereocenters. The molecule has 3 rings (SSSR count). The van der Waals surface area contributed by atoms with Crippen LogP contribution in [0.1, 0.15) is 12.8 Å². The molecular formula is C14H21N3O. The molecule has 0 bridgehead atoms. The number of nitrogens with zero attached hydrogens (tertiary/aromatic N) is 1. The fourth-order valence-corrected chi connectivity index (χ4v) is 2.71. The van der Waals surface area contributed by atoms with Crippen molar-refractivity contribution in [2.45, 2.75) is 24.9 Å². The highest BCUT2D eigenvalue weighted by Gasteiger charge is 2.29. The van der Waals surface area contributed by atoms with E-state index >= 15 is 0 Å². The van der Waals surface area contributed by atoms with Crippen molar-refractivity contribution >= 4 is 11.4 Å². The monoisotopic (exact) mass is 247 g/mol. The predicted octanol–water partition coefficient (Wildman–Crippen LogP) is 1.54. The molecule has 98 valence electrons. The van der Waals surface area contributed by atoms with Crippen LogP contribution in [0, 0.1) is 0 Å². The Morgan fingerprint density at radius 3 is 2.61 bits per heavy atom. The lowest BCUT2D eigenvalue weighted by atomic mass is 10.0. The standard InChI is InChI=1S/C14H21N3O/c15-11-2-1-3-13(8-11)16-12-4-6-17(7-5-12)14-9-18-10-14/h1-3,8,12,14,16H,4-7,9-10,15H2. The normalized spacial score (nSPS) is 22.7. The number of hydrogen-bond acceptors (Lipinski definition) is 4. The first kappa shape index (κ1) is 11.8. The van der Waals surface area contributed by atoms with Crippen molar-refractivity contribution in [1.82, 2.24) is 4.90 Å². The van der Waals surface area contributed by atoms with Crippen molar-refractivity contribution in [1.29, 1.82) is 0 Å². The molecule has 0 spiro atoms. The van der Waals surface area contributed by atoms with Gasteiger partial charge in [0.25, 0.3) is 0 Å². The number of hydrogen-bond donors (Lipinski definition) is 2. The molecule has 18 heavy (non-hydrogen) atoms. The van der Waals surface area contributed by atoms with Gasteiger partial charge in [-0.1, -0.05) is 6.07 Å². The lowest BCUT2D eigenvalue weighted by molar-refractivity contribution is -0.0705. The second-order valence-electron chi connectivity index (χ2n) is 5.27. The van der Waals surface area contributed by atoms with Crippen LogP contribution < -0.4 is 11.1 Å². The average Bonchev–Trinajstić information content (AvgIpc) is 2.29. The molecule has 2 saturated heterocycles. The van der Waals surface area contributed by atoms with Gasteiger partial charge in [0.1, 0.15) is 0 Å². The maximum Gasteiger partial charge on any atom is 0.0645 e. The zero-order valence-electron chi connectivity index (χ0n) is 10.6. The molecule has 4 nitrogen and oxygen atoms in total. The number of piperidine rings is 1. The number of likely N-dealkylation sites (tertiary alicyclic amines) is 1. The SMILES string of the molecule is Nc1cccc(NC2CCN(C3COC3)CC2)c1. The molecule has 1 aromatic rings. The van der Waals surface area contributed by atoms with Crippen LogP contribution in [-0.2, 0) is 4.74 Å². The summed E-state index contributed by atoms with van der Waals surface area (Å²) < 4.78 is 5.25. The Morgan fingerprint density at radius 1 is 1.22 bits per heavy atom. The van der Waals surface area contributed by atoms with E-state index in [4.69, 9.17) is 10.5 Å². The first-order chi connectivity index (χ1) is 8.81. The molecule has 3 N–H and O–H groups in total. The van der Waals surface area contributed by atoms with E-state index in [9.17, 15) is 0 Å². The Labute approximate surface area is 108 Å². The quantitative estimate of drug-likeness (QED) is 0.796. The second kappa shape index (κ2) is 5.16. The molecule has 2 fully saturated rings. The fraction of sp³-hybridized carbons (Fsp3) is 0.571. The molecule has 2 aliphatic rings. The second-order valence-corrected chi connectivity index (χ2v) is 5.27. The summed E-state index contributed by atoms with van der Waals surface area (Å²) in [5, 5.41) is 3.58. The van der Waals surface area contributed by atoms with Gasteiger partial charge in [0.05, 0.1) is 19.3 Å². The maximum atomic E-state index is 5.79. The van der Waals surface area contributed by atoms with Gasteiger partial charge < -0.3 is 15.8 Å². The number of benzene rings is 1.